The molecule has 1 saturated heterocycles. The lowest BCUT2D eigenvalue weighted by Crippen LogP contribution is -2.24. The second kappa shape index (κ2) is 7.63. The van der Waals surface area contributed by atoms with E-state index in [1.54, 1.807) is 0 Å². The van der Waals surface area contributed by atoms with Crippen LogP contribution in [0.2, 0.25) is 0 Å². The van der Waals surface area contributed by atoms with Gasteiger partial charge >= 0.3 is 0 Å². The molecule has 1 N–H and O–H groups in total. The van der Waals surface area contributed by atoms with Gasteiger partial charge in [0.15, 0.2) is 0 Å². The minimum atomic E-state index is -0.429. The van der Waals surface area contributed by atoms with E-state index in [-0.39, 0.29) is 0 Å². The Labute approximate surface area is 123 Å². The van der Waals surface area contributed by atoms with Crippen molar-refractivity contribution in [3.63, 3.8) is 0 Å². The maximum absolute atomic E-state index is 9.79. The number of aliphatic hydroxyl groups excluding tert-OH is 1. The van der Waals surface area contributed by atoms with Crippen LogP contribution >= 0.6 is 0 Å². The summed E-state index contributed by atoms with van der Waals surface area (Å²) in [6, 6.07) is 4.08. The summed E-state index contributed by atoms with van der Waals surface area (Å²) in [5.41, 5.74) is 1.99. The number of pyridine rings is 1. The molecular weight excluding hydrogens is 248 g/mol. The summed E-state index contributed by atoms with van der Waals surface area (Å²) in [7, 11) is 0. The van der Waals surface area contributed by atoms with Crippen molar-refractivity contribution in [2.45, 2.75) is 58.5 Å². The standard InChI is InChI=1S/C17H28N2O/c1-3-6-14-7-5-11-19(12-10-14)15-8-9-16(18-13-15)17(20)4-2/h8-9,13-14,17,20H,3-7,10-12H2,1-2H3. The van der Waals surface area contributed by atoms with Gasteiger partial charge in [0.25, 0.3) is 0 Å². The van der Waals surface area contributed by atoms with E-state index < -0.39 is 6.10 Å². The topological polar surface area (TPSA) is 36.4 Å². The highest BCUT2D eigenvalue weighted by atomic mass is 16.3. The van der Waals surface area contributed by atoms with Gasteiger partial charge < -0.3 is 10.0 Å². The first-order chi connectivity index (χ1) is 9.74. The molecule has 0 saturated carbocycles. The highest BCUT2D eigenvalue weighted by Gasteiger charge is 2.17. The summed E-state index contributed by atoms with van der Waals surface area (Å²) in [6.07, 6.45) is 8.83. The molecule has 0 aromatic carbocycles. The Morgan fingerprint density at radius 2 is 2.15 bits per heavy atom. The van der Waals surface area contributed by atoms with Crippen LogP contribution in [-0.2, 0) is 0 Å². The first kappa shape index (κ1) is 15.3. The zero-order valence-corrected chi connectivity index (χ0v) is 12.9. The van der Waals surface area contributed by atoms with Crippen molar-refractivity contribution in [2.24, 2.45) is 5.92 Å². The fourth-order valence-electron chi connectivity index (χ4n) is 3.11. The van der Waals surface area contributed by atoms with Crippen LogP contribution in [-0.4, -0.2) is 23.2 Å². The molecule has 1 aromatic heterocycles. The van der Waals surface area contributed by atoms with Crippen molar-refractivity contribution in [1.82, 2.24) is 4.98 Å². The Bertz CT molecular complexity index is 390. The third kappa shape index (κ3) is 3.95. The highest BCUT2D eigenvalue weighted by Crippen LogP contribution is 2.25. The zero-order chi connectivity index (χ0) is 14.4. The van der Waals surface area contributed by atoms with E-state index in [1.807, 2.05) is 19.2 Å². The van der Waals surface area contributed by atoms with E-state index in [0.29, 0.717) is 0 Å². The molecule has 112 valence electrons. The summed E-state index contributed by atoms with van der Waals surface area (Å²) in [5.74, 6) is 0.902. The molecule has 2 rings (SSSR count). The normalized spacial score (nSPS) is 21.6. The van der Waals surface area contributed by atoms with Gasteiger partial charge in [0.1, 0.15) is 0 Å². The van der Waals surface area contributed by atoms with Crippen LogP contribution < -0.4 is 4.90 Å². The van der Waals surface area contributed by atoms with Gasteiger partial charge in [-0.3, -0.25) is 4.98 Å². The molecule has 0 amide bonds. The van der Waals surface area contributed by atoms with Crippen molar-refractivity contribution in [2.75, 3.05) is 18.0 Å². The van der Waals surface area contributed by atoms with Crippen LogP contribution in [0.3, 0.4) is 0 Å². The van der Waals surface area contributed by atoms with E-state index in [2.05, 4.69) is 22.9 Å². The molecule has 2 atom stereocenters. The van der Waals surface area contributed by atoms with Crippen molar-refractivity contribution < 1.29 is 5.11 Å². The van der Waals surface area contributed by atoms with Gasteiger partial charge in [-0.05, 0) is 43.7 Å². The monoisotopic (exact) mass is 276 g/mol. The summed E-state index contributed by atoms with van der Waals surface area (Å²) in [5, 5.41) is 9.79. The summed E-state index contributed by atoms with van der Waals surface area (Å²) < 4.78 is 0. The number of rotatable bonds is 5. The van der Waals surface area contributed by atoms with E-state index >= 15 is 0 Å². The molecule has 0 aliphatic carbocycles. The Kier molecular flexibility index (Phi) is 5.84. The summed E-state index contributed by atoms with van der Waals surface area (Å²) in [6.45, 7) is 6.53. The van der Waals surface area contributed by atoms with Crippen LogP contribution in [0.4, 0.5) is 5.69 Å². The Morgan fingerprint density at radius 1 is 1.30 bits per heavy atom. The molecule has 0 bridgehead atoms. The SMILES string of the molecule is CCCC1CCCN(c2ccc(C(O)CC)nc2)CC1. The molecular formula is C17H28N2O. The lowest BCUT2D eigenvalue weighted by atomic mass is 9.96. The number of aromatic nitrogens is 1. The smallest absolute Gasteiger partial charge is 0.0957 e. The average Bonchev–Trinajstić information content (AvgIpc) is 2.73. The molecule has 1 aromatic rings. The van der Waals surface area contributed by atoms with Crippen LogP contribution in [0.1, 0.15) is 64.2 Å². The first-order valence-electron chi connectivity index (χ1n) is 8.13. The van der Waals surface area contributed by atoms with Crippen molar-refractivity contribution >= 4 is 5.69 Å². The maximum atomic E-state index is 9.79. The van der Waals surface area contributed by atoms with Crippen LogP contribution in [0.25, 0.3) is 0 Å². The number of hydrogen-bond donors (Lipinski definition) is 1. The second-order valence-electron chi connectivity index (χ2n) is 5.94. The van der Waals surface area contributed by atoms with E-state index in [1.165, 1.54) is 37.8 Å². The van der Waals surface area contributed by atoms with Crippen LogP contribution in [0.15, 0.2) is 18.3 Å². The van der Waals surface area contributed by atoms with Crippen molar-refractivity contribution in [1.29, 1.82) is 0 Å². The second-order valence-corrected chi connectivity index (χ2v) is 5.94. The largest absolute Gasteiger partial charge is 0.387 e. The van der Waals surface area contributed by atoms with Crippen LogP contribution in [0.5, 0.6) is 0 Å². The molecule has 3 nitrogen and oxygen atoms in total. The highest BCUT2D eigenvalue weighted by molar-refractivity contribution is 5.44. The predicted octanol–water partition coefficient (Wildman–Crippen LogP) is 3.93. The van der Waals surface area contributed by atoms with Gasteiger partial charge in [0.2, 0.25) is 0 Å². The zero-order valence-electron chi connectivity index (χ0n) is 12.9. The van der Waals surface area contributed by atoms with Gasteiger partial charge in [0, 0.05) is 13.1 Å². The van der Waals surface area contributed by atoms with Gasteiger partial charge in [-0.15, -0.1) is 0 Å². The Morgan fingerprint density at radius 3 is 2.80 bits per heavy atom. The molecule has 3 heteroatoms. The molecule has 2 unspecified atom stereocenters. The number of nitrogens with zero attached hydrogens (tertiary/aromatic N) is 2. The number of aliphatic hydroxyl groups is 1. The molecule has 1 aliphatic heterocycles. The lowest BCUT2D eigenvalue weighted by molar-refractivity contribution is 0.169. The van der Waals surface area contributed by atoms with E-state index in [9.17, 15) is 5.11 Å². The van der Waals surface area contributed by atoms with Gasteiger partial charge in [-0.1, -0.05) is 26.7 Å². The first-order valence-corrected chi connectivity index (χ1v) is 8.13. The Balaban J connectivity index is 1.97. The van der Waals surface area contributed by atoms with E-state index in [4.69, 9.17) is 0 Å². The molecule has 1 fully saturated rings. The predicted molar refractivity (Wildman–Crippen MR) is 83.9 cm³/mol. The molecule has 2 heterocycles. The quantitative estimate of drug-likeness (QED) is 0.885. The molecule has 0 radical (unpaired) electrons. The third-order valence-corrected chi connectivity index (χ3v) is 4.41. The fraction of sp³-hybridized carbons (Fsp3) is 0.706. The van der Waals surface area contributed by atoms with Crippen molar-refractivity contribution in [3.8, 4) is 0 Å². The van der Waals surface area contributed by atoms with Gasteiger partial charge in [-0.2, -0.15) is 0 Å². The number of hydrogen-bond acceptors (Lipinski definition) is 3. The van der Waals surface area contributed by atoms with Gasteiger partial charge in [-0.25, -0.2) is 0 Å². The average molecular weight is 276 g/mol. The summed E-state index contributed by atoms with van der Waals surface area (Å²) >= 11 is 0. The molecule has 1 aliphatic rings. The maximum Gasteiger partial charge on any atom is 0.0957 e. The van der Waals surface area contributed by atoms with Crippen molar-refractivity contribution in [3.05, 3.63) is 24.0 Å². The Hall–Kier alpha value is -1.09. The van der Waals surface area contributed by atoms with Crippen LogP contribution in [0, 0.1) is 5.92 Å². The minimum Gasteiger partial charge on any atom is -0.387 e. The van der Waals surface area contributed by atoms with E-state index in [0.717, 1.165) is 31.1 Å². The fourth-order valence-corrected chi connectivity index (χ4v) is 3.11. The molecule has 20 heavy (non-hydrogen) atoms. The molecule has 0 spiro atoms. The number of anilines is 1. The lowest BCUT2D eigenvalue weighted by Gasteiger charge is -2.23. The summed E-state index contributed by atoms with van der Waals surface area (Å²) in [4.78, 5) is 6.87. The van der Waals surface area contributed by atoms with Gasteiger partial charge in [0.05, 0.1) is 23.7 Å². The minimum absolute atomic E-state index is 0.429. The third-order valence-electron chi connectivity index (χ3n) is 4.41.